The molecule has 1 saturated heterocycles. The van der Waals surface area contributed by atoms with Crippen LogP contribution in [-0.2, 0) is 6.42 Å². The molecule has 0 unspecified atom stereocenters. The predicted octanol–water partition coefficient (Wildman–Crippen LogP) is 3.12. The number of carbonyl (C=O) groups is 1. The van der Waals surface area contributed by atoms with Crippen molar-refractivity contribution in [2.24, 2.45) is 5.92 Å². The predicted molar refractivity (Wildman–Crippen MR) is 80.4 cm³/mol. The average Bonchev–Trinajstić information content (AvgIpc) is 2.97. The fraction of sp³-hybridized carbons (Fsp3) is 0.400. The van der Waals surface area contributed by atoms with Gasteiger partial charge in [0.1, 0.15) is 0 Å². The lowest BCUT2D eigenvalue weighted by molar-refractivity contribution is 0.0697. The van der Waals surface area contributed by atoms with Crippen LogP contribution in [0.3, 0.4) is 0 Å². The van der Waals surface area contributed by atoms with Gasteiger partial charge in [0.15, 0.2) is 0 Å². The second kappa shape index (κ2) is 6.30. The topological polar surface area (TPSA) is 76.2 Å². The molecular weight excluding hydrogens is 288 g/mol. The highest BCUT2D eigenvalue weighted by atomic mass is 32.2. The molecule has 0 atom stereocenters. The van der Waals surface area contributed by atoms with Crippen LogP contribution in [-0.4, -0.2) is 32.7 Å². The first-order valence-electron chi connectivity index (χ1n) is 6.96. The highest BCUT2D eigenvalue weighted by molar-refractivity contribution is 7.99. The number of hydrogen-bond donors (Lipinski definition) is 1. The van der Waals surface area contributed by atoms with Crippen LogP contribution < -0.4 is 0 Å². The van der Waals surface area contributed by atoms with E-state index < -0.39 is 5.97 Å². The molecule has 1 fully saturated rings. The van der Waals surface area contributed by atoms with Crippen molar-refractivity contribution in [1.82, 2.24) is 10.1 Å². The average molecular weight is 304 g/mol. The summed E-state index contributed by atoms with van der Waals surface area (Å²) in [5, 5.41) is 12.9. The van der Waals surface area contributed by atoms with Gasteiger partial charge in [0.25, 0.3) is 0 Å². The molecule has 6 heteroatoms. The van der Waals surface area contributed by atoms with E-state index in [1.54, 1.807) is 24.3 Å². The van der Waals surface area contributed by atoms with Gasteiger partial charge < -0.3 is 9.63 Å². The molecular formula is C15H16N2O3S. The monoisotopic (exact) mass is 304 g/mol. The molecule has 1 aromatic heterocycles. The Kier molecular flexibility index (Phi) is 4.24. The van der Waals surface area contributed by atoms with E-state index in [1.165, 1.54) is 24.3 Å². The van der Waals surface area contributed by atoms with Crippen LogP contribution in [0.1, 0.15) is 29.1 Å². The summed E-state index contributed by atoms with van der Waals surface area (Å²) < 4.78 is 5.32. The Bertz CT molecular complexity index is 618. The van der Waals surface area contributed by atoms with Crippen molar-refractivity contribution in [3.05, 3.63) is 35.7 Å². The van der Waals surface area contributed by atoms with E-state index in [9.17, 15) is 4.79 Å². The Balaban J connectivity index is 1.70. The van der Waals surface area contributed by atoms with Crippen LogP contribution in [0.15, 0.2) is 28.8 Å². The first-order chi connectivity index (χ1) is 10.2. The number of aromatic carboxylic acids is 1. The largest absolute Gasteiger partial charge is 0.478 e. The first-order valence-corrected chi connectivity index (χ1v) is 8.12. The second-order valence-corrected chi connectivity index (χ2v) is 6.38. The molecule has 110 valence electrons. The lowest BCUT2D eigenvalue weighted by Gasteiger charge is -2.19. The number of aromatic nitrogens is 2. The number of rotatable bonds is 4. The smallest absolute Gasteiger partial charge is 0.335 e. The molecule has 5 nitrogen and oxygen atoms in total. The van der Waals surface area contributed by atoms with Crippen LogP contribution in [0, 0.1) is 5.92 Å². The minimum absolute atomic E-state index is 0.252. The maximum absolute atomic E-state index is 10.8. The van der Waals surface area contributed by atoms with Crippen molar-refractivity contribution in [2.75, 3.05) is 11.5 Å². The lowest BCUT2D eigenvalue weighted by atomic mass is 9.99. The molecule has 0 saturated carbocycles. The van der Waals surface area contributed by atoms with Crippen molar-refractivity contribution < 1.29 is 14.4 Å². The van der Waals surface area contributed by atoms with Crippen molar-refractivity contribution in [3.8, 4) is 11.4 Å². The number of benzene rings is 1. The Morgan fingerprint density at radius 2 is 2.00 bits per heavy atom. The minimum Gasteiger partial charge on any atom is -0.478 e. The molecule has 3 rings (SSSR count). The number of thioether (sulfide) groups is 1. The van der Waals surface area contributed by atoms with Crippen molar-refractivity contribution in [2.45, 2.75) is 19.3 Å². The molecule has 0 amide bonds. The maximum atomic E-state index is 10.8. The number of carboxylic acid groups (broad SMARTS) is 1. The Morgan fingerprint density at radius 3 is 2.67 bits per heavy atom. The summed E-state index contributed by atoms with van der Waals surface area (Å²) in [6.45, 7) is 0. The summed E-state index contributed by atoms with van der Waals surface area (Å²) in [5.41, 5.74) is 1.02. The normalized spacial score (nSPS) is 16.0. The van der Waals surface area contributed by atoms with Gasteiger partial charge in [-0.1, -0.05) is 17.3 Å². The molecule has 0 aliphatic carbocycles. The van der Waals surface area contributed by atoms with Gasteiger partial charge in [0.05, 0.1) is 5.56 Å². The third-order valence-corrected chi connectivity index (χ3v) is 4.71. The molecule has 2 aromatic rings. The second-order valence-electron chi connectivity index (χ2n) is 5.15. The summed E-state index contributed by atoms with van der Waals surface area (Å²) in [6, 6.07) is 6.50. The quantitative estimate of drug-likeness (QED) is 0.935. The fourth-order valence-electron chi connectivity index (χ4n) is 2.41. The standard InChI is InChI=1S/C15H16N2O3S/c18-15(19)12-3-1-11(2-4-12)14-16-13(20-17-14)9-10-5-7-21-8-6-10/h1-4,10H,5-9H2,(H,18,19). The van der Waals surface area contributed by atoms with E-state index in [0.717, 1.165) is 12.0 Å². The molecule has 0 bridgehead atoms. The Morgan fingerprint density at radius 1 is 1.29 bits per heavy atom. The van der Waals surface area contributed by atoms with Crippen LogP contribution in [0.25, 0.3) is 11.4 Å². The van der Waals surface area contributed by atoms with Gasteiger partial charge in [0, 0.05) is 12.0 Å². The highest BCUT2D eigenvalue weighted by Crippen LogP contribution is 2.26. The third kappa shape index (κ3) is 3.44. The van der Waals surface area contributed by atoms with E-state index in [2.05, 4.69) is 10.1 Å². The molecule has 1 aliphatic heterocycles. The SMILES string of the molecule is O=C(O)c1ccc(-c2noc(CC3CCSCC3)n2)cc1. The number of carboxylic acids is 1. The summed E-state index contributed by atoms with van der Waals surface area (Å²) in [4.78, 5) is 15.2. The molecule has 0 radical (unpaired) electrons. The minimum atomic E-state index is -0.939. The molecule has 1 aliphatic rings. The molecule has 2 heterocycles. The van der Waals surface area contributed by atoms with Gasteiger partial charge in [-0.25, -0.2) is 4.79 Å². The lowest BCUT2D eigenvalue weighted by Crippen LogP contribution is -2.12. The van der Waals surface area contributed by atoms with Crippen LogP contribution in [0.2, 0.25) is 0 Å². The third-order valence-electron chi connectivity index (χ3n) is 3.66. The Hall–Kier alpha value is -1.82. The molecule has 0 spiro atoms. The number of nitrogens with zero attached hydrogens (tertiary/aromatic N) is 2. The van der Waals surface area contributed by atoms with Crippen LogP contribution >= 0.6 is 11.8 Å². The summed E-state index contributed by atoms with van der Waals surface area (Å²) in [6.07, 6.45) is 3.24. The Labute approximate surface area is 126 Å². The van der Waals surface area contributed by atoms with E-state index >= 15 is 0 Å². The van der Waals surface area contributed by atoms with Gasteiger partial charge >= 0.3 is 5.97 Å². The zero-order valence-corrected chi connectivity index (χ0v) is 12.3. The van der Waals surface area contributed by atoms with E-state index in [0.29, 0.717) is 17.6 Å². The van der Waals surface area contributed by atoms with Gasteiger partial charge in [-0.15, -0.1) is 0 Å². The van der Waals surface area contributed by atoms with Crippen molar-refractivity contribution >= 4 is 17.7 Å². The molecule has 1 aromatic carbocycles. The van der Waals surface area contributed by atoms with E-state index in [4.69, 9.17) is 9.63 Å². The van der Waals surface area contributed by atoms with Crippen molar-refractivity contribution in [1.29, 1.82) is 0 Å². The van der Waals surface area contributed by atoms with Crippen molar-refractivity contribution in [3.63, 3.8) is 0 Å². The van der Waals surface area contributed by atoms with Gasteiger partial charge in [0.2, 0.25) is 11.7 Å². The van der Waals surface area contributed by atoms with E-state index in [-0.39, 0.29) is 5.56 Å². The van der Waals surface area contributed by atoms with Crippen LogP contribution in [0.4, 0.5) is 0 Å². The zero-order chi connectivity index (χ0) is 14.7. The first kappa shape index (κ1) is 14.1. The summed E-state index contributed by atoms with van der Waals surface area (Å²) >= 11 is 2.00. The number of hydrogen-bond acceptors (Lipinski definition) is 5. The van der Waals surface area contributed by atoms with Gasteiger partial charge in [-0.2, -0.15) is 16.7 Å². The maximum Gasteiger partial charge on any atom is 0.335 e. The summed E-state index contributed by atoms with van der Waals surface area (Å²) in [7, 11) is 0. The van der Waals surface area contributed by atoms with Gasteiger partial charge in [-0.05, 0) is 42.4 Å². The molecule has 21 heavy (non-hydrogen) atoms. The summed E-state index contributed by atoms with van der Waals surface area (Å²) in [5.74, 6) is 3.31. The van der Waals surface area contributed by atoms with Crippen LogP contribution in [0.5, 0.6) is 0 Å². The zero-order valence-electron chi connectivity index (χ0n) is 11.5. The highest BCUT2D eigenvalue weighted by Gasteiger charge is 2.18. The van der Waals surface area contributed by atoms with Gasteiger partial charge in [-0.3, -0.25) is 0 Å². The van der Waals surface area contributed by atoms with E-state index in [1.807, 2.05) is 11.8 Å². The molecule has 1 N–H and O–H groups in total. The fourth-order valence-corrected chi connectivity index (χ4v) is 3.62.